The van der Waals surface area contributed by atoms with Crippen LogP contribution in [0.4, 0.5) is 13.2 Å². The maximum absolute atomic E-state index is 12.4. The van der Waals surface area contributed by atoms with Crippen molar-refractivity contribution in [1.29, 1.82) is 0 Å². The molecule has 1 aromatic carbocycles. The highest BCUT2D eigenvalue weighted by Gasteiger charge is 2.30. The fourth-order valence-electron chi connectivity index (χ4n) is 1.46. The molecule has 0 unspecified atom stereocenters. The molecule has 0 aliphatic rings. The number of H-pyrrole nitrogens is 1. The molecule has 108 valence electrons. The van der Waals surface area contributed by atoms with E-state index < -0.39 is 21.8 Å². The first kappa shape index (κ1) is 14.5. The van der Waals surface area contributed by atoms with Crippen LogP contribution in [-0.2, 0) is 22.7 Å². The van der Waals surface area contributed by atoms with Crippen LogP contribution in [0, 0.1) is 0 Å². The molecule has 0 bridgehead atoms. The van der Waals surface area contributed by atoms with Gasteiger partial charge in [-0.1, -0.05) is 0 Å². The van der Waals surface area contributed by atoms with Gasteiger partial charge >= 0.3 is 6.18 Å². The minimum absolute atomic E-state index is 0.0731. The summed E-state index contributed by atoms with van der Waals surface area (Å²) in [6.07, 6.45) is -1.51. The number of hydrogen-bond acceptors (Lipinski definition) is 3. The number of benzene rings is 1. The highest BCUT2D eigenvalue weighted by molar-refractivity contribution is 7.89. The Labute approximate surface area is 112 Å². The molecule has 0 fully saturated rings. The van der Waals surface area contributed by atoms with E-state index in [0.717, 1.165) is 24.3 Å². The summed E-state index contributed by atoms with van der Waals surface area (Å²) >= 11 is 0. The molecule has 0 saturated carbocycles. The van der Waals surface area contributed by atoms with Gasteiger partial charge in [0.1, 0.15) is 5.82 Å². The number of halogens is 3. The smallest absolute Gasteiger partial charge is 0.347 e. The van der Waals surface area contributed by atoms with Gasteiger partial charge in [0, 0.05) is 12.4 Å². The summed E-state index contributed by atoms with van der Waals surface area (Å²) in [5.41, 5.74) is -0.900. The topological polar surface area (TPSA) is 74.8 Å². The zero-order chi connectivity index (χ0) is 14.8. The zero-order valence-electron chi connectivity index (χ0n) is 9.98. The van der Waals surface area contributed by atoms with Crippen LogP contribution in [0.25, 0.3) is 0 Å². The Morgan fingerprint density at radius 2 is 1.85 bits per heavy atom. The standard InChI is InChI=1S/C11H10F3N3O2S/c12-11(13,14)8-1-3-9(4-2-8)20(18,19)17-7-10-15-5-6-16-10/h1-6,17H,7H2,(H,15,16). The molecule has 1 aromatic heterocycles. The second-order valence-electron chi connectivity index (χ2n) is 3.88. The first-order valence-corrected chi connectivity index (χ1v) is 6.92. The molecule has 0 aliphatic carbocycles. The Bertz CT molecular complexity index is 664. The highest BCUT2D eigenvalue weighted by Crippen LogP contribution is 2.29. The molecule has 5 nitrogen and oxygen atoms in total. The van der Waals surface area contributed by atoms with Crippen molar-refractivity contribution in [2.45, 2.75) is 17.6 Å². The lowest BCUT2D eigenvalue weighted by atomic mass is 10.2. The number of aromatic amines is 1. The summed E-state index contributed by atoms with van der Waals surface area (Å²) in [6, 6.07) is 3.27. The maximum Gasteiger partial charge on any atom is 0.416 e. The fraction of sp³-hybridized carbons (Fsp3) is 0.182. The van der Waals surface area contributed by atoms with Crippen molar-refractivity contribution in [1.82, 2.24) is 14.7 Å². The molecule has 0 radical (unpaired) electrons. The second-order valence-corrected chi connectivity index (χ2v) is 5.65. The number of aromatic nitrogens is 2. The molecular weight excluding hydrogens is 295 g/mol. The number of hydrogen-bond donors (Lipinski definition) is 2. The van der Waals surface area contributed by atoms with Crippen LogP contribution in [0.15, 0.2) is 41.6 Å². The highest BCUT2D eigenvalue weighted by atomic mass is 32.2. The number of alkyl halides is 3. The molecule has 0 aliphatic heterocycles. The van der Waals surface area contributed by atoms with E-state index in [4.69, 9.17) is 0 Å². The number of nitrogens with one attached hydrogen (secondary N) is 2. The van der Waals surface area contributed by atoms with Crippen LogP contribution in [0.1, 0.15) is 11.4 Å². The monoisotopic (exact) mass is 305 g/mol. The van der Waals surface area contributed by atoms with Crippen molar-refractivity contribution in [3.63, 3.8) is 0 Å². The summed E-state index contributed by atoms with van der Waals surface area (Å²) < 4.78 is 63.1. The van der Waals surface area contributed by atoms with Crippen LogP contribution < -0.4 is 4.72 Å². The van der Waals surface area contributed by atoms with E-state index in [1.165, 1.54) is 12.4 Å². The molecule has 2 rings (SSSR count). The van der Waals surface area contributed by atoms with E-state index in [0.29, 0.717) is 5.82 Å². The third-order valence-electron chi connectivity index (χ3n) is 2.48. The lowest BCUT2D eigenvalue weighted by molar-refractivity contribution is -0.137. The van der Waals surface area contributed by atoms with Gasteiger partial charge in [-0.05, 0) is 24.3 Å². The van der Waals surface area contributed by atoms with Crippen LogP contribution in [0.2, 0.25) is 0 Å². The van der Waals surface area contributed by atoms with Crippen molar-refractivity contribution < 1.29 is 21.6 Å². The summed E-state index contributed by atoms with van der Waals surface area (Å²) in [7, 11) is -3.88. The average molecular weight is 305 g/mol. The van der Waals surface area contributed by atoms with E-state index in [9.17, 15) is 21.6 Å². The molecule has 0 spiro atoms. The maximum atomic E-state index is 12.4. The van der Waals surface area contributed by atoms with Gasteiger partial charge in [0.15, 0.2) is 0 Å². The Balaban J connectivity index is 2.13. The van der Waals surface area contributed by atoms with E-state index in [1.54, 1.807) is 0 Å². The lowest BCUT2D eigenvalue weighted by Crippen LogP contribution is -2.24. The SMILES string of the molecule is O=S(=O)(NCc1ncc[nH]1)c1ccc(C(F)(F)F)cc1. The molecule has 0 saturated heterocycles. The summed E-state index contributed by atoms with van der Waals surface area (Å²) in [6.45, 7) is -0.0731. The normalized spacial score (nSPS) is 12.6. The van der Waals surface area contributed by atoms with Crippen LogP contribution in [-0.4, -0.2) is 18.4 Å². The minimum atomic E-state index is -4.50. The minimum Gasteiger partial charge on any atom is -0.347 e. The van der Waals surface area contributed by atoms with Gasteiger partial charge in [-0.2, -0.15) is 13.2 Å². The van der Waals surface area contributed by atoms with Crippen LogP contribution in [0.5, 0.6) is 0 Å². The Morgan fingerprint density at radius 1 is 1.20 bits per heavy atom. The van der Waals surface area contributed by atoms with Gasteiger partial charge in [-0.15, -0.1) is 0 Å². The molecular formula is C11H10F3N3O2S. The number of nitrogens with zero attached hydrogens (tertiary/aromatic N) is 1. The quantitative estimate of drug-likeness (QED) is 0.906. The van der Waals surface area contributed by atoms with Gasteiger partial charge in [-0.3, -0.25) is 0 Å². The third kappa shape index (κ3) is 3.36. The summed E-state index contributed by atoms with van der Waals surface area (Å²) in [4.78, 5) is 6.29. The number of rotatable bonds is 4. The second kappa shape index (κ2) is 5.25. The van der Waals surface area contributed by atoms with Crippen molar-refractivity contribution >= 4 is 10.0 Å². The molecule has 0 atom stereocenters. The molecule has 2 N–H and O–H groups in total. The first-order valence-electron chi connectivity index (χ1n) is 5.44. The molecule has 2 aromatic rings. The van der Waals surface area contributed by atoms with Crippen LogP contribution >= 0.6 is 0 Å². The first-order chi connectivity index (χ1) is 9.29. The largest absolute Gasteiger partial charge is 0.416 e. The Hall–Kier alpha value is -1.87. The number of sulfonamides is 1. The predicted octanol–water partition coefficient (Wildman–Crippen LogP) is 1.91. The number of imidazole rings is 1. The molecule has 1 heterocycles. The summed E-state index contributed by atoms with van der Waals surface area (Å²) in [5, 5.41) is 0. The van der Waals surface area contributed by atoms with Crippen molar-refractivity contribution in [2.75, 3.05) is 0 Å². The van der Waals surface area contributed by atoms with E-state index in [2.05, 4.69) is 14.7 Å². The Morgan fingerprint density at radius 3 is 2.35 bits per heavy atom. The van der Waals surface area contributed by atoms with Gasteiger partial charge in [0.05, 0.1) is 17.0 Å². The molecule has 20 heavy (non-hydrogen) atoms. The van der Waals surface area contributed by atoms with E-state index in [-0.39, 0.29) is 11.4 Å². The average Bonchev–Trinajstić information content (AvgIpc) is 2.89. The molecule has 0 amide bonds. The fourth-order valence-corrected chi connectivity index (χ4v) is 2.45. The van der Waals surface area contributed by atoms with Gasteiger partial charge in [-0.25, -0.2) is 18.1 Å². The lowest BCUT2D eigenvalue weighted by Gasteiger charge is -2.08. The van der Waals surface area contributed by atoms with Gasteiger partial charge in [0.2, 0.25) is 10.0 Å². The predicted molar refractivity (Wildman–Crippen MR) is 64.1 cm³/mol. The Kier molecular flexibility index (Phi) is 3.82. The van der Waals surface area contributed by atoms with Crippen LogP contribution in [0.3, 0.4) is 0 Å². The zero-order valence-corrected chi connectivity index (χ0v) is 10.8. The van der Waals surface area contributed by atoms with Crippen molar-refractivity contribution in [3.8, 4) is 0 Å². The van der Waals surface area contributed by atoms with E-state index in [1.807, 2.05) is 0 Å². The summed E-state index contributed by atoms with van der Waals surface area (Å²) in [5.74, 6) is 0.403. The molecule has 9 heteroatoms. The third-order valence-corrected chi connectivity index (χ3v) is 3.89. The van der Waals surface area contributed by atoms with Crippen molar-refractivity contribution in [2.24, 2.45) is 0 Å². The van der Waals surface area contributed by atoms with Gasteiger partial charge < -0.3 is 4.98 Å². The van der Waals surface area contributed by atoms with Crippen molar-refractivity contribution in [3.05, 3.63) is 48.0 Å². The van der Waals surface area contributed by atoms with E-state index >= 15 is 0 Å². The van der Waals surface area contributed by atoms with Gasteiger partial charge in [0.25, 0.3) is 0 Å².